The second-order valence-corrected chi connectivity index (χ2v) is 7.82. The molecule has 2 aliphatic carbocycles. The molecule has 4 rings (SSSR count). The number of aromatic nitrogens is 1. The molecule has 0 radical (unpaired) electrons. The highest BCUT2D eigenvalue weighted by Gasteiger charge is 2.21. The predicted molar refractivity (Wildman–Crippen MR) is 104 cm³/mol. The fraction of sp³-hybridized carbons (Fsp3) is 0.400. The number of carbonyl (C=O) groups is 1. The normalized spacial score (nSPS) is 20.1. The van der Waals surface area contributed by atoms with Crippen molar-refractivity contribution in [2.75, 3.05) is 5.73 Å². The van der Waals surface area contributed by atoms with Crippen LogP contribution in [-0.2, 0) is 12.8 Å². The van der Waals surface area contributed by atoms with E-state index in [4.69, 9.17) is 10.7 Å². The number of carbonyl (C=O) groups excluding carboxylic acids is 1. The smallest absolute Gasteiger partial charge is 0.264 e. The largest absolute Gasteiger partial charge is 0.397 e. The van der Waals surface area contributed by atoms with Crippen molar-refractivity contribution in [1.29, 1.82) is 0 Å². The lowest BCUT2D eigenvalue weighted by Crippen LogP contribution is -2.33. The number of amides is 1. The Morgan fingerprint density at radius 2 is 2.12 bits per heavy atom. The molecule has 3 N–H and O–H groups in total. The zero-order chi connectivity index (χ0) is 17.2. The first-order valence-electron chi connectivity index (χ1n) is 9.07. The lowest BCUT2D eigenvalue weighted by molar-refractivity contribution is 0.0948. The van der Waals surface area contributed by atoms with Crippen LogP contribution in [0.2, 0.25) is 0 Å². The van der Waals surface area contributed by atoms with Crippen LogP contribution in [-0.4, -0.2) is 16.9 Å². The monoisotopic (exact) mass is 353 g/mol. The lowest BCUT2D eigenvalue weighted by Gasteiger charge is -2.12. The van der Waals surface area contributed by atoms with E-state index in [1.54, 1.807) is 0 Å². The highest BCUT2D eigenvalue weighted by molar-refractivity contribution is 7.21. The van der Waals surface area contributed by atoms with Gasteiger partial charge in [0.1, 0.15) is 9.71 Å². The van der Waals surface area contributed by atoms with Crippen molar-refractivity contribution in [3.63, 3.8) is 0 Å². The summed E-state index contributed by atoms with van der Waals surface area (Å²) in [6, 6.07) is 2.22. The molecule has 4 nitrogen and oxygen atoms in total. The van der Waals surface area contributed by atoms with Crippen LogP contribution in [0.5, 0.6) is 0 Å². The summed E-state index contributed by atoms with van der Waals surface area (Å²) in [5.41, 5.74) is 9.40. The van der Waals surface area contributed by atoms with Gasteiger partial charge in [0.2, 0.25) is 0 Å². The number of pyridine rings is 1. The highest BCUT2D eigenvalue weighted by Crippen LogP contribution is 2.35. The molecule has 0 aromatic carbocycles. The Kier molecular flexibility index (Phi) is 4.57. The van der Waals surface area contributed by atoms with E-state index >= 15 is 0 Å². The van der Waals surface area contributed by atoms with Crippen molar-refractivity contribution in [2.45, 2.75) is 51.0 Å². The third kappa shape index (κ3) is 3.33. The molecule has 2 aromatic rings. The van der Waals surface area contributed by atoms with Gasteiger partial charge in [-0.3, -0.25) is 4.79 Å². The summed E-state index contributed by atoms with van der Waals surface area (Å²) >= 11 is 1.42. The number of hydrogen-bond acceptors (Lipinski definition) is 4. The zero-order valence-corrected chi connectivity index (χ0v) is 15.1. The van der Waals surface area contributed by atoms with Crippen LogP contribution in [0, 0.1) is 0 Å². The van der Waals surface area contributed by atoms with Gasteiger partial charge in [-0.05, 0) is 50.2 Å². The van der Waals surface area contributed by atoms with Gasteiger partial charge in [0.15, 0.2) is 0 Å². The standard InChI is InChI=1S/C20H23N3OS/c21-17-15-12-13-8-4-3-7-11-16(13)23-20(15)25-18(17)19(24)22-14-9-5-1-2-6-10-14/h1-2,5,9,12,14H,3-4,6-8,10-11,21H2,(H,22,24). The molecule has 2 aliphatic rings. The maximum absolute atomic E-state index is 12.7. The van der Waals surface area contributed by atoms with E-state index in [9.17, 15) is 4.79 Å². The van der Waals surface area contributed by atoms with Crippen molar-refractivity contribution in [3.8, 4) is 0 Å². The summed E-state index contributed by atoms with van der Waals surface area (Å²) in [4.78, 5) is 19.0. The number of allylic oxidation sites excluding steroid dienone is 3. The second-order valence-electron chi connectivity index (χ2n) is 6.82. The fourth-order valence-electron chi connectivity index (χ4n) is 3.60. The van der Waals surface area contributed by atoms with Crippen molar-refractivity contribution in [2.24, 2.45) is 0 Å². The van der Waals surface area contributed by atoms with Gasteiger partial charge in [0, 0.05) is 17.1 Å². The number of fused-ring (bicyclic) bond motifs is 2. The van der Waals surface area contributed by atoms with Gasteiger partial charge in [0.25, 0.3) is 5.91 Å². The van der Waals surface area contributed by atoms with E-state index in [0.29, 0.717) is 10.6 Å². The SMILES string of the molecule is Nc1c(C(=O)NC2C=CC=CCC2)sc2nc3c(cc12)CCCCC3. The van der Waals surface area contributed by atoms with Crippen molar-refractivity contribution in [3.05, 3.63) is 46.5 Å². The van der Waals surface area contributed by atoms with Crippen LogP contribution in [0.15, 0.2) is 30.4 Å². The summed E-state index contributed by atoms with van der Waals surface area (Å²) < 4.78 is 0. The summed E-state index contributed by atoms with van der Waals surface area (Å²) in [5.74, 6) is -0.0905. The van der Waals surface area contributed by atoms with E-state index in [0.717, 1.165) is 35.9 Å². The highest BCUT2D eigenvalue weighted by atomic mass is 32.1. The minimum Gasteiger partial charge on any atom is -0.397 e. The number of thiophene rings is 1. The molecular weight excluding hydrogens is 330 g/mol. The van der Waals surface area contributed by atoms with E-state index in [-0.39, 0.29) is 11.9 Å². The van der Waals surface area contributed by atoms with Crippen LogP contribution in [0.4, 0.5) is 5.69 Å². The molecule has 0 spiro atoms. The Hall–Kier alpha value is -2.14. The van der Waals surface area contributed by atoms with Crippen LogP contribution in [0.3, 0.4) is 0 Å². The number of hydrogen-bond donors (Lipinski definition) is 2. The van der Waals surface area contributed by atoms with Gasteiger partial charge in [-0.2, -0.15) is 0 Å². The van der Waals surface area contributed by atoms with E-state index < -0.39 is 0 Å². The molecule has 0 saturated carbocycles. The number of rotatable bonds is 2. The molecule has 1 atom stereocenters. The van der Waals surface area contributed by atoms with Gasteiger partial charge in [-0.25, -0.2) is 4.98 Å². The van der Waals surface area contributed by atoms with Crippen molar-refractivity contribution < 1.29 is 4.79 Å². The van der Waals surface area contributed by atoms with Crippen LogP contribution in [0.1, 0.15) is 53.0 Å². The molecule has 25 heavy (non-hydrogen) atoms. The number of nitrogens with one attached hydrogen (secondary N) is 1. The minimum atomic E-state index is -0.0905. The molecule has 0 bridgehead atoms. The molecule has 0 aliphatic heterocycles. The maximum Gasteiger partial charge on any atom is 0.264 e. The Morgan fingerprint density at radius 3 is 3.04 bits per heavy atom. The predicted octanol–water partition coefficient (Wildman–Crippen LogP) is 4.15. The molecule has 130 valence electrons. The van der Waals surface area contributed by atoms with Crippen LogP contribution in [0.25, 0.3) is 10.2 Å². The number of aryl methyl sites for hydroxylation is 2. The molecule has 1 amide bonds. The van der Waals surface area contributed by atoms with Gasteiger partial charge in [-0.15, -0.1) is 11.3 Å². The fourth-order valence-corrected chi connectivity index (χ4v) is 4.60. The minimum absolute atomic E-state index is 0.0526. The van der Waals surface area contributed by atoms with Gasteiger partial charge < -0.3 is 11.1 Å². The van der Waals surface area contributed by atoms with Gasteiger partial charge >= 0.3 is 0 Å². The summed E-state index contributed by atoms with van der Waals surface area (Å²) in [7, 11) is 0. The third-order valence-corrected chi connectivity index (χ3v) is 6.12. The summed E-state index contributed by atoms with van der Waals surface area (Å²) in [5, 5.41) is 4.03. The van der Waals surface area contributed by atoms with E-state index in [2.05, 4.69) is 17.5 Å². The molecule has 2 heterocycles. The van der Waals surface area contributed by atoms with Crippen LogP contribution >= 0.6 is 11.3 Å². The Bertz CT molecular complexity index is 865. The molecule has 1 unspecified atom stereocenters. The second kappa shape index (κ2) is 7.00. The first kappa shape index (κ1) is 16.3. The van der Waals surface area contributed by atoms with Crippen LogP contribution < -0.4 is 11.1 Å². The molecule has 0 fully saturated rings. The van der Waals surface area contributed by atoms with Crippen molar-refractivity contribution >= 4 is 33.1 Å². The number of nitrogens with zero attached hydrogens (tertiary/aromatic N) is 1. The van der Waals surface area contributed by atoms with Gasteiger partial charge in [0.05, 0.1) is 5.69 Å². The average Bonchev–Trinajstić information content (AvgIpc) is 2.84. The average molecular weight is 353 g/mol. The Labute approximate surface area is 151 Å². The van der Waals surface area contributed by atoms with Crippen molar-refractivity contribution in [1.82, 2.24) is 10.3 Å². The molecule has 2 aromatic heterocycles. The number of anilines is 1. The first-order valence-corrected chi connectivity index (χ1v) is 9.89. The summed E-state index contributed by atoms with van der Waals surface area (Å²) in [6.07, 6.45) is 15.8. The molecular formula is C20H23N3OS. The lowest BCUT2D eigenvalue weighted by atomic mass is 10.1. The summed E-state index contributed by atoms with van der Waals surface area (Å²) in [6.45, 7) is 0. The Balaban J connectivity index is 1.63. The van der Waals surface area contributed by atoms with Gasteiger partial charge in [-0.1, -0.05) is 30.7 Å². The zero-order valence-electron chi connectivity index (χ0n) is 14.3. The Morgan fingerprint density at radius 1 is 1.24 bits per heavy atom. The van der Waals surface area contributed by atoms with E-state index in [1.165, 1.54) is 41.9 Å². The quantitative estimate of drug-likeness (QED) is 0.797. The number of nitrogen functional groups attached to an aromatic ring is 1. The molecule has 0 saturated heterocycles. The topological polar surface area (TPSA) is 68.0 Å². The number of nitrogens with two attached hydrogens (primary N) is 1. The first-order chi connectivity index (χ1) is 12.2. The third-order valence-electron chi connectivity index (χ3n) is 5.01. The maximum atomic E-state index is 12.7. The van der Waals surface area contributed by atoms with E-state index in [1.807, 2.05) is 18.2 Å². The molecule has 5 heteroatoms.